The molecule has 0 saturated carbocycles. The van der Waals surface area contributed by atoms with Crippen LogP contribution in [0.3, 0.4) is 0 Å². The highest BCUT2D eigenvalue weighted by atomic mass is 79.9. The predicted octanol–water partition coefficient (Wildman–Crippen LogP) is 2.30. The van der Waals surface area contributed by atoms with Crippen molar-refractivity contribution in [2.75, 3.05) is 4.03 Å². The van der Waals surface area contributed by atoms with Gasteiger partial charge in [-0.2, -0.15) is 0 Å². The lowest BCUT2D eigenvalue weighted by Crippen LogP contribution is -2.18. The summed E-state index contributed by atoms with van der Waals surface area (Å²) in [7, 11) is 0. The molecule has 1 rings (SSSR count). The summed E-state index contributed by atoms with van der Waals surface area (Å²) in [5.74, 6) is 0. The molecule has 0 bridgehead atoms. The number of rotatable bonds is 2. The minimum atomic E-state index is -0.525. The van der Waals surface area contributed by atoms with E-state index in [1.807, 2.05) is 19.1 Å². The van der Waals surface area contributed by atoms with E-state index in [2.05, 4.69) is 16.1 Å². The number of hydrogen-bond acceptors (Lipinski definition) is 2. The third-order valence-electron chi connectivity index (χ3n) is 1.46. The molecule has 0 aliphatic carbocycles. The van der Waals surface area contributed by atoms with Gasteiger partial charge in [0, 0.05) is 0 Å². The van der Waals surface area contributed by atoms with E-state index in [0.717, 1.165) is 9.60 Å². The molecule has 0 fully saturated rings. The van der Waals surface area contributed by atoms with E-state index in [0.29, 0.717) is 5.69 Å². The van der Waals surface area contributed by atoms with Crippen LogP contribution in [0.1, 0.15) is 5.56 Å². The summed E-state index contributed by atoms with van der Waals surface area (Å²) >= 11 is 2.84. The fourth-order valence-corrected chi connectivity index (χ4v) is 1.26. The van der Waals surface area contributed by atoms with Crippen molar-refractivity contribution in [2.45, 2.75) is 6.92 Å². The lowest BCUT2D eigenvalue weighted by molar-refractivity contribution is -0.470. The molecule has 0 saturated heterocycles. The first kappa shape index (κ1) is 8.99. The molecule has 4 nitrogen and oxygen atoms in total. The normalized spacial score (nSPS) is 9.50. The zero-order valence-corrected chi connectivity index (χ0v) is 7.98. The second-order valence-electron chi connectivity index (χ2n) is 2.28. The van der Waals surface area contributed by atoms with Gasteiger partial charge in [0.25, 0.3) is 0 Å². The van der Waals surface area contributed by atoms with Crippen molar-refractivity contribution in [3.8, 4) is 0 Å². The monoisotopic (exact) mass is 230 g/mol. The van der Waals surface area contributed by atoms with Crippen molar-refractivity contribution in [3.63, 3.8) is 0 Å². The van der Waals surface area contributed by atoms with E-state index in [-0.39, 0.29) is 0 Å². The van der Waals surface area contributed by atoms with Crippen molar-refractivity contribution < 1.29 is 5.03 Å². The van der Waals surface area contributed by atoms with E-state index < -0.39 is 5.03 Å². The molecule has 0 aliphatic heterocycles. The van der Waals surface area contributed by atoms with Crippen LogP contribution in [0.4, 0.5) is 5.69 Å². The molecule has 1 aromatic carbocycles. The largest absolute Gasteiger partial charge is 0.234 e. The molecule has 64 valence electrons. The van der Waals surface area contributed by atoms with Gasteiger partial charge in [0.2, 0.25) is 0 Å². The molecule has 0 spiro atoms. The zero-order chi connectivity index (χ0) is 9.14. The lowest BCUT2D eigenvalue weighted by atomic mass is 10.2. The molecule has 0 N–H and O–H groups in total. The fourth-order valence-electron chi connectivity index (χ4n) is 0.858. The highest BCUT2D eigenvalue weighted by molar-refractivity contribution is 9.10. The quantitative estimate of drug-likeness (QED) is 0.445. The van der Waals surface area contributed by atoms with Crippen molar-refractivity contribution in [2.24, 2.45) is 0 Å². The number of benzene rings is 1. The molecule has 0 unspecified atom stereocenters. The van der Waals surface area contributed by atoms with Crippen molar-refractivity contribution in [3.05, 3.63) is 39.9 Å². The Bertz CT molecular complexity index is 303. The van der Waals surface area contributed by atoms with Crippen molar-refractivity contribution in [1.82, 2.24) is 0 Å². The lowest BCUT2D eigenvalue weighted by Gasteiger charge is -2.07. The van der Waals surface area contributed by atoms with E-state index in [1.165, 1.54) is 0 Å². The number of aryl methyl sites for hydroxylation is 1. The van der Waals surface area contributed by atoms with Gasteiger partial charge in [0.05, 0.1) is 0 Å². The number of para-hydroxylation sites is 1. The molecule has 1 aromatic rings. The molecular formula is C7H7BrN2O2. The molecule has 5 heteroatoms. The van der Waals surface area contributed by atoms with Crippen LogP contribution in [0.2, 0.25) is 0 Å². The Morgan fingerprint density at radius 2 is 2.08 bits per heavy atom. The number of hydrazine groups is 1. The van der Waals surface area contributed by atoms with Gasteiger partial charge in [-0.15, -0.1) is 0 Å². The van der Waals surface area contributed by atoms with Crippen LogP contribution >= 0.6 is 16.1 Å². The summed E-state index contributed by atoms with van der Waals surface area (Å²) in [5, 5.41) is 9.81. The van der Waals surface area contributed by atoms with Crippen LogP contribution in [0, 0.1) is 17.0 Å². The number of halogens is 1. The average Bonchev–Trinajstić information content (AvgIpc) is 2.04. The third-order valence-corrected chi connectivity index (χ3v) is 2.10. The average molecular weight is 231 g/mol. The van der Waals surface area contributed by atoms with Crippen molar-refractivity contribution in [1.29, 1.82) is 0 Å². The second-order valence-corrected chi connectivity index (χ2v) is 2.96. The highest BCUT2D eigenvalue weighted by Gasteiger charge is 2.14. The molecule has 0 amide bonds. The van der Waals surface area contributed by atoms with Crippen LogP contribution in [-0.2, 0) is 0 Å². The standard InChI is InChI=1S/C7H7BrN2O2/c1-6-4-2-3-5-7(6)9(8)10(11)12/h2-5H,1H3. The molecule has 0 heterocycles. The predicted molar refractivity (Wildman–Crippen MR) is 49.6 cm³/mol. The van der Waals surface area contributed by atoms with Crippen molar-refractivity contribution >= 4 is 21.8 Å². The van der Waals surface area contributed by atoms with Gasteiger partial charge in [0.1, 0.15) is 21.8 Å². The molecule has 0 aliphatic rings. The van der Waals surface area contributed by atoms with Gasteiger partial charge in [-0.05, 0) is 22.6 Å². The Hall–Kier alpha value is -1.10. The highest BCUT2D eigenvalue weighted by Crippen LogP contribution is 2.21. The summed E-state index contributed by atoms with van der Waals surface area (Å²) in [5.41, 5.74) is 1.40. The Balaban J connectivity index is 3.02. The molecule has 0 atom stereocenters. The Morgan fingerprint density at radius 3 is 2.58 bits per heavy atom. The number of nitrogens with zero attached hydrogens (tertiary/aromatic N) is 2. The van der Waals surface area contributed by atoms with Gasteiger partial charge < -0.3 is 0 Å². The van der Waals surface area contributed by atoms with Gasteiger partial charge in [-0.1, -0.05) is 18.2 Å². The zero-order valence-electron chi connectivity index (χ0n) is 6.40. The number of hydrogen-bond donors (Lipinski definition) is 0. The first-order valence-electron chi connectivity index (χ1n) is 3.29. The summed E-state index contributed by atoms with van der Waals surface area (Å²) in [6, 6.07) is 7.07. The van der Waals surface area contributed by atoms with Gasteiger partial charge in [-0.3, -0.25) is 0 Å². The molecular weight excluding hydrogens is 224 g/mol. The van der Waals surface area contributed by atoms with Crippen LogP contribution < -0.4 is 4.03 Å². The van der Waals surface area contributed by atoms with Gasteiger partial charge in [-0.25, -0.2) is 10.1 Å². The van der Waals surface area contributed by atoms with E-state index in [4.69, 9.17) is 0 Å². The van der Waals surface area contributed by atoms with E-state index >= 15 is 0 Å². The minimum Gasteiger partial charge on any atom is -0.234 e. The van der Waals surface area contributed by atoms with Crippen LogP contribution in [0.25, 0.3) is 0 Å². The van der Waals surface area contributed by atoms with Crippen LogP contribution in [-0.4, -0.2) is 5.03 Å². The Kier molecular flexibility index (Phi) is 2.65. The Labute approximate surface area is 78.3 Å². The second kappa shape index (κ2) is 3.53. The van der Waals surface area contributed by atoms with Crippen LogP contribution in [0.5, 0.6) is 0 Å². The minimum absolute atomic E-state index is 0.525. The number of nitro groups is 1. The van der Waals surface area contributed by atoms with Gasteiger partial charge >= 0.3 is 0 Å². The summed E-state index contributed by atoms with van der Waals surface area (Å²) < 4.78 is 0.822. The maximum atomic E-state index is 10.3. The SMILES string of the molecule is Cc1ccccc1N(Br)[N+](=O)[O-]. The molecule has 12 heavy (non-hydrogen) atoms. The maximum absolute atomic E-state index is 10.3. The first-order chi connectivity index (χ1) is 5.63. The summed E-state index contributed by atoms with van der Waals surface area (Å²) in [6.45, 7) is 1.81. The van der Waals surface area contributed by atoms with Gasteiger partial charge in [0.15, 0.2) is 5.03 Å². The summed E-state index contributed by atoms with van der Waals surface area (Å²) in [6.07, 6.45) is 0. The summed E-state index contributed by atoms with van der Waals surface area (Å²) in [4.78, 5) is 10.3. The molecule has 0 radical (unpaired) electrons. The first-order valence-corrected chi connectivity index (χ1v) is 3.99. The maximum Gasteiger partial charge on any atom is 0.176 e. The third kappa shape index (κ3) is 1.73. The van der Waals surface area contributed by atoms with E-state index in [1.54, 1.807) is 12.1 Å². The molecule has 0 aromatic heterocycles. The number of anilines is 1. The fraction of sp³-hybridized carbons (Fsp3) is 0.143. The smallest absolute Gasteiger partial charge is 0.176 e. The van der Waals surface area contributed by atoms with E-state index in [9.17, 15) is 10.1 Å². The topological polar surface area (TPSA) is 46.4 Å². The Morgan fingerprint density at radius 1 is 1.50 bits per heavy atom. The van der Waals surface area contributed by atoms with Crippen LogP contribution in [0.15, 0.2) is 24.3 Å².